The number of hydrogen-bond acceptors (Lipinski definition) is 2. The molecule has 1 fully saturated rings. The second-order valence-electron chi connectivity index (χ2n) is 3.21. The van der Waals surface area contributed by atoms with Crippen molar-refractivity contribution in [3.8, 4) is 0 Å². The van der Waals surface area contributed by atoms with Gasteiger partial charge < -0.3 is 9.47 Å². The maximum atomic E-state index is 5.50. The van der Waals surface area contributed by atoms with Crippen LogP contribution >= 0.6 is 0 Å². The maximum absolute atomic E-state index is 5.50. The number of rotatable bonds is 1. The molecule has 64 valence electrons. The number of benzene rings is 1. The van der Waals surface area contributed by atoms with Crippen molar-refractivity contribution in [3.05, 3.63) is 35.9 Å². The zero-order valence-corrected chi connectivity index (χ0v) is 7.12. The molecule has 1 saturated heterocycles. The van der Waals surface area contributed by atoms with E-state index in [9.17, 15) is 0 Å². The Morgan fingerprint density at radius 1 is 1.25 bits per heavy atom. The molecule has 1 aromatic rings. The highest BCUT2D eigenvalue weighted by Gasteiger charge is 2.32. The van der Waals surface area contributed by atoms with E-state index in [1.165, 1.54) is 5.56 Å². The second-order valence-corrected chi connectivity index (χ2v) is 3.21. The van der Waals surface area contributed by atoms with Crippen LogP contribution in [-0.4, -0.2) is 13.4 Å². The molecule has 2 heteroatoms. The summed E-state index contributed by atoms with van der Waals surface area (Å²) in [5.41, 5.74) is 0.948. The van der Waals surface area contributed by atoms with Crippen LogP contribution in [0.15, 0.2) is 30.3 Å². The maximum Gasteiger partial charge on any atom is 0.148 e. The molecule has 1 aliphatic rings. The van der Waals surface area contributed by atoms with Crippen LogP contribution in [0.1, 0.15) is 12.5 Å². The van der Waals surface area contributed by atoms with Gasteiger partial charge in [-0.3, -0.25) is 0 Å². The Balaban J connectivity index is 2.29. The highest BCUT2D eigenvalue weighted by Crippen LogP contribution is 2.29. The monoisotopic (exact) mass is 164 g/mol. The molecule has 1 unspecified atom stereocenters. The minimum atomic E-state index is -0.235. The highest BCUT2D eigenvalue weighted by atomic mass is 16.7. The first-order valence-corrected chi connectivity index (χ1v) is 4.08. The quantitative estimate of drug-likeness (QED) is 0.631. The van der Waals surface area contributed by atoms with E-state index in [4.69, 9.17) is 9.47 Å². The second kappa shape index (κ2) is 2.88. The molecule has 1 heterocycles. The fourth-order valence-electron chi connectivity index (χ4n) is 1.41. The molecule has 0 N–H and O–H groups in total. The molecule has 0 amide bonds. The molecule has 1 aliphatic heterocycles. The lowest BCUT2D eigenvalue weighted by atomic mass is 9.97. The van der Waals surface area contributed by atoms with Crippen molar-refractivity contribution >= 4 is 0 Å². The Morgan fingerprint density at radius 3 is 2.58 bits per heavy atom. The molecule has 0 spiro atoms. The van der Waals surface area contributed by atoms with Gasteiger partial charge in [-0.15, -0.1) is 0 Å². The van der Waals surface area contributed by atoms with Gasteiger partial charge in [0.25, 0.3) is 0 Å². The van der Waals surface area contributed by atoms with Crippen LogP contribution in [0.3, 0.4) is 0 Å². The summed E-state index contributed by atoms with van der Waals surface area (Å²) in [5, 5.41) is 0. The summed E-state index contributed by atoms with van der Waals surface area (Å²) in [6.07, 6.45) is 0. The molecular weight excluding hydrogens is 152 g/mol. The first kappa shape index (κ1) is 7.77. The van der Waals surface area contributed by atoms with Crippen LogP contribution in [0, 0.1) is 0 Å². The number of hydrogen-bond donors (Lipinski definition) is 0. The van der Waals surface area contributed by atoms with Gasteiger partial charge in [-0.05, 0) is 12.5 Å². The van der Waals surface area contributed by atoms with Gasteiger partial charge in [0.2, 0.25) is 0 Å². The SMILES string of the molecule is CC1(c2ccccc2)COCO1. The minimum Gasteiger partial charge on any atom is -0.352 e. The summed E-state index contributed by atoms with van der Waals surface area (Å²) >= 11 is 0. The van der Waals surface area contributed by atoms with E-state index in [1.807, 2.05) is 18.2 Å². The van der Waals surface area contributed by atoms with E-state index >= 15 is 0 Å². The molecule has 1 atom stereocenters. The molecular formula is C10H12O2. The molecule has 0 aromatic heterocycles. The first-order valence-electron chi connectivity index (χ1n) is 4.08. The predicted molar refractivity (Wildman–Crippen MR) is 45.7 cm³/mol. The zero-order valence-electron chi connectivity index (χ0n) is 7.12. The van der Waals surface area contributed by atoms with Crippen LogP contribution in [0.5, 0.6) is 0 Å². The lowest BCUT2D eigenvalue weighted by Crippen LogP contribution is -2.23. The Hall–Kier alpha value is -0.860. The van der Waals surface area contributed by atoms with Gasteiger partial charge in [0.05, 0.1) is 6.61 Å². The van der Waals surface area contributed by atoms with Crippen molar-refractivity contribution in [3.63, 3.8) is 0 Å². The van der Waals surface area contributed by atoms with Crippen molar-refractivity contribution in [1.82, 2.24) is 0 Å². The van der Waals surface area contributed by atoms with Crippen LogP contribution in [0.25, 0.3) is 0 Å². The summed E-state index contributed by atoms with van der Waals surface area (Å²) in [5.74, 6) is 0. The smallest absolute Gasteiger partial charge is 0.148 e. The van der Waals surface area contributed by atoms with Gasteiger partial charge in [-0.2, -0.15) is 0 Å². The molecule has 0 radical (unpaired) electrons. The average Bonchev–Trinajstić information content (AvgIpc) is 2.55. The van der Waals surface area contributed by atoms with Crippen molar-refractivity contribution in [2.24, 2.45) is 0 Å². The summed E-state index contributed by atoms with van der Waals surface area (Å²) < 4.78 is 10.7. The normalized spacial score (nSPS) is 29.1. The van der Waals surface area contributed by atoms with Gasteiger partial charge in [0, 0.05) is 0 Å². The summed E-state index contributed by atoms with van der Waals surface area (Å²) in [6.45, 7) is 3.11. The van der Waals surface area contributed by atoms with Crippen molar-refractivity contribution in [2.45, 2.75) is 12.5 Å². The third-order valence-corrected chi connectivity index (χ3v) is 2.22. The standard InChI is InChI=1S/C10H12O2/c1-10(7-11-8-12-10)9-5-3-2-4-6-9/h2-6H,7-8H2,1H3. The zero-order chi connectivity index (χ0) is 8.44. The van der Waals surface area contributed by atoms with E-state index in [0.717, 1.165) is 0 Å². The lowest BCUT2D eigenvalue weighted by molar-refractivity contribution is -0.000437. The van der Waals surface area contributed by atoms with Crippen LogP contribution in [-0.2, 0) is 15.1 Å². The molecule has 1 aromatic carbocycles. The van der Waals surface area contributed by atoms with Crippen LogP contribution in [0.4, 0.5) is 0 Å². The Labute approximate surface area is 72.1 Å². The van der Waals surface area contributed by atoms with E-state index in [0.29, 0.717) is 13.4 Å². The van der Waals surface area contributed by atoms with Crippen molar-refractivity contribution < 1.29 is 9.47 Å². The van der Waals surface area contributed by atoms with E-state index < -0.39 is 0 Å². The summed E-state index contributed by atoms with van der Waals surface area (Å²) in [6, 6.07) is 10.2. The molecule has 0 saturated carbocycles. The average molecular weight is 164 g/mol. The minimum absolute atomic E-state index is 0.235. The summed E-state index contributed by atoms with van der Waals surface area (Å²) in [4.78, 5) is 0. The van der Waals surface area contributed by atoms with Crippen LogP contribution in [0.2, 0.25) is 0 Å². The van der Waals surface area contributed by atoms with Gasteiger partial charge in [-0.25, -0.2) is 0 Å². The van der Waals surface area contributed by atoms with Crippen LogP contribution < -0.4 is 0 Å². The van der Waals surface area contributed by atoms with E-state index in [-0.39, 0.29) is 5.60 Å². The largest absolute Gasteiger partial charge is 0.352 e. The molecule has 12 heavy (non-hydrogen) atoms. The third-order valence-electron chi connectivity index (χ3n) is 2.22. The topological polar surface area (TPSA) is 18.5 Å². The fourth-order valence-corrected chi connectivity index (χ4v) is 1.41. The van der Waals surface area contributed by atoms with Gasteiger partial charge in [-0.1, -0.05) is 30.3 Å². The van der Waals surface area contributed by atoms with E-state index in [1.54, 1.807) is 0 Å². The Bertz CT molecular complexity index is 250. The molecule has 2 nitrogen and oxygen atoms in total. The third kappa shape index (κ3) is 1.24. The summed E-state index contributed by atoms with van der Waals surface area (Å²) in [7, 11) is 0. The van der Waals surface area contributed by atoms with E-state index in [2.05, 4.69) is 19.1 Å². The molecule has 2 rings (SSSR count). The lowest BCUT2D eigenvalue weighted by Gasteiger charge is -2.20. The fraction of sp³-hybridized carbons (Fsp3) is 0.400. The van der Waals surface area contributed by atoms with Gasteiger partial charge in [0.15, 0.2) is 0 Å². The van der Waals surface area contributed by atoms with Gasteiger partial charge in [0.1, 0.15) is 12.4 Å². The Morgan fingerprint density at radius 2 is 2.00 bits per heavy atom. The van der Waals surface area contributed by atoms with Crippen molar-refractivity contribution in [2.75, 3.05) is 13.4 Å². The Kier molecular flexibility index (Phi) is 1.87. The first-order chi connectivity index (χ1) is 5.81. The molecule has 0 bridgehead atoms. The predicted octanol–water partition coefficient (Wildman–Crippen LogP) is 1.91. The number of ether oxygens (including phenoxy) is 2. The highest BCUT2D eigenvalue weighted by molar-refractivity contribution is 5.22. The molecule has 0 aliphatic carbocycles. The van der Waals surface area contributed by atoms with Gasteiger partial charge >= 0.3 is 0 Å². The van der Waals surface area contributed by atoms with Crippen molar-refractivity contribution in [1.29, 1.82) is 0 Å².